The Morgan fingerprint density at radius 3 is 3.00 bits per heavy atom. The molecule has 1 aliphatic rings. The number of benzene rings is 1. The Labute approximate surface area is 154 Å². The van der Waals surface area contributed by atoms with E-state index in [2.05, 4.69) is 22.3 Å². The van der Waals surface area contributed by atoms with Crippen LogP contribution in [0.1, 0.15) is 13.3 Å². The predicted octanol–water partition coefficient (Wildman–Crippen LogP) is 3.72. The number of nitrogens with one attached hydrogen (secondary N) is 1. The molecule has 1 fully saturated rings. The summed E-state index contributed by atoms with van der Waals surface area (Å²) in [4.78, 5) is 5.49. The summed E-state index contributed by atoms with van der Waals surface area (Å²) in [5, 5.41) is 9.48. The molecule has 1 N–H and O–H groups in total. The van der Waals surface area contributed by atoms with Crippen LogP contribution in [0, 0.1) is 0 Å². The molecule has 3 aromatic rings. The highest BCUT2D eigenvalue weighted by Crippen LogP contribution is 2.25. The zero-order valence-corrected chi connectivity index (χ0v) is 15.4. The van der Waals surface area contributed by atoms with Crippen LogP contribution >= 0.6 is 22.9 Å². The first-order valence-corrected chi connectivity index (χ1v) is 9.45. The molecule has 1 aliphatic heterocycles. The molecule has 132 valence electrons. The Hall–Kier alpha value is -1.67. The highest BCUT2D eigenvalue weighted by Gasteiger charge is 2.17. The van der Waals surface area contributed by atoms with Crippen molar-refractivity contribution in [3.63, 3.8) is 0 Å². The van der Waals surface area contributed by atoms with Crippen LogP contribution in [0.4, 0.5) is 5.13 Å². The molecule has 3 heterocycles. The number of hydrogen-bond donors (Lipinski definition) is 1. The SMILES string of the molecule is CC(COC1CCOC1)Nc1nn2cc(-c3ccc(Cl)cc3)nc2s1. The summed E-state index contributed by atoms with van der Waals surface area (Å²) in [7, 11) is 0. The van der Waals surface area contributed by atoms with E-state index in [-0.39, 0.29) is 12.1 Å². The summed E-state index contributed by atoms with van der Waals surface area (Å²) in [5.41, 5.74) is 1.91. The van der Waals surface area contributed by atoms with Gasteiger partial charge in [0, 0.05) is 23.2 Å². The third-order valence-corrected chi connectivity index (χ3v) is 5.13. The van der Waals surface area contributed by atoms with E-state index in [1.807, 2.05) is 30.5 Å². The van der Waals surface area contributed by atoms with Gasteiger partial charge in [0.05, 0.1) is 31.2 Å². The number of fused-ring (bicyclic) bond motifs is 1. The molecule has 0 radical (unpaired) electrons. The lowest BCUT2D eigenvalue weighted by Crippen LogP contribution is -2.25. The van der Waals surface area contributed by atoms with Crippen molar-refractivity contribution in [1.29, 1.82) is 0 Å². The van der Waals surface area contributed by atoms with Crippen molar-refractivity contribution in [2.75, 3.05) is 25.1 Å². The zero-order chi connectivity index (χ0) is 17.2. The number of halogens is 1. The lowest BCUT2D eigenvalue weighted by atomic mass is 10.2. The number of nitrogens with zero attached hydrogens (tertiary/aromatic N) is 3. The van der Waals surface area contributed by atoms with Crippen LogP contribution in [-0.4, -0.2) is 46.6 Å². The van der Waals surface area contributed by atoms with Crippen molar-refractivity contribution in [1.82, 2.24) is 14.6 Å². The summed E-state index contributed by atoms with van der Waals surface area (Å²) >= 11 is 7.46. The summed E-state index contributed by atoms with van der Waals surface area (Å²) < 4.78 is 13.0. The molecular formula is C17H19ClN4O2S. The van der Waals surface area contributed by atoms with E-state index in [4.69, 9.17) is 21.1 Å². The number of rotatable bonds is 6. The first-order chi connectivity index (χ1) is 12.2. The fourth-order valence-electron chi connectivity index (χ4n) is 2.70. The molecule has 2 atom stereocenters. The molecule has 8 heteroatoms. The topological polar surface area (TPSA) is 60.7 Å². The Kier molecular flexibility index (Phi) is 4.89. The van der Waals surface area contributed by atoms with E-state index in [1.54, 1.807) is 4.52 Å². The van der Waals surface area contributed by atoms with Crippen molar-refractivity contribution in [2.24, 2.45) is 0 Å². The van der Waals surface area contributed by atoms with Gasteiger partial charge >= 0.3 is 0 Å². The minimum atomic E-state index is 0.173. The van der Waals surface area contributed by atoms with Crippen LogP contribution in [0.25, 0.3) is 16.2 Å². The first-order valence-electron chi connectivity index (χ1n) is 8.25. The van der Waals surface area contributed by atoms with E-state index in [1.165, 1.54) is 11.3 Å². The molecular weight excluding hydrogens is 360 g/mol. The largest absolute Gasteiger partial charge is 0.379 e. The van der Waals surface area contributed by atoms with Gasteiger partial charge in [0.15, 0.2) is 0 Å². The first kappa shape index (κ1) is 16.8. The second-order valence-corrected chi connectivity index (χ2v) is 7.52. The van der Waals surface area contributed by atoms with Crippen LogP contribution in [0.5, 0.6) is 0 Å². The molecule has 0 saturated carbocycles. The Morgan fingerprint density at radius 2 is 2.28 bits per heavy atom. The van der Waals surface area contributed by atoms with Gasteiger partial charge in [0.1, 0.15) is 0 Å². The van der Waals surface area contributed by atoms with Gasteiger partial charge in [0.25, 0.3) is 0 Å². The quantitative estimate of drug-likeness (QED) is 0.708. The maximum absolute atomic E-state index is 5.93. The minimum Gasteiger partial charge on any atom is -0.379 e. The lowest BCUT2D eigenvalue weighted by molar-refractivity contribution is 0.0395. The summed E-state index contributed by atoms with van der Waals surface area (Å²) in [6.45, 7) is 4.21. The Balaban J connectivity index is 1.39. The minimum absolute atomic E-state index is 0.173. The van der Waals surface area contributed by atoms with Gasteiger partial charge in [-0.3, -0.25) is 0 Å². The van der Waals surface area contributed by atoms with Gasteiger partial charge in [-0.2, -0.15) is 0 Å². The third-order valence-electron chi connectivity index (χ3n) is 4.02. The molecule has 0 aliphatic carbocycles. The standard InChI is InChI=1S/C17H19ClN4O2S/c1-11(9-24-14-6-7-23-10-14)19-16-21-22-8-15(20-17(22)25-16)12-2-4-13(18)5-3-12/h2-5,8,11,14H,6-7,9-10H2,1H3,(H,19,21). The number of aromatic nitrogens is 3. The van der Waals surface area contributed by atoms with Crippen molar-refractivity contribution in [3.05, 3.63) is 35.5 Å². The fourth-order valence-corrected chi connectivity index (χ4v) is 3.71. The van der Waals surface area contributed by atoms with Crippen LogP contribution < -0.4 is 5.32 Å². The molecule has 4 rings (SSSR count). The van der Waals surface area contributed by atoms with Crippen molar-refractivity contribution < 1.29 is 9.47 Å². The third kappa shape index (κ3) is 3.95. The molecule has 2 unspecified atom stereocenters. The van der Waals surface area contributed by atoms with E-state index >= 15 is 0 Å². The van der Waals surface area contributed by atoms with Gasteiger partial charge in [-0.05, 0) is 25.5 Å². The highest BCUT2D eigenvalue weighted by molar-refractivity contribution is 7.20. The van der Waals surface area contributed by atoms with Gasteiger partial charge < -0.3 is 14.8 Å². The van der Waals surface area contributed by atoms with Gasteiger partial charge in [0.2, 0.25) is 10.1 Å². The number of ether oxygens (including phenoxy) is 2. The van der Waals surface area contributed by atoms with Crippen molar-refractivity contribution in [2.45, 2.75) is 25.5 Å². The van der Waals surface area contributed by atoms with Gasteiger partial charge in [-0.15, -0.1) is 5.10 Å². The van der Waals surface area contributed by atoms with Crippen LogP contribution in [-0.2, 0) is 9.47 Å². The zero-order valence-electron chi connectivity index (χ0n) is 13.8. The van der Waals surface area contributed by atoms with Crippen LogP contribution in [0.3, 0.4) is 0 Å². The number of anilines is 1. The summed E-state index contributed by atoms with van der Waals surface area (Å²) in [6, 6.07) is 7.82. The van der Waals surface area contributed by atoms with Crippen LogP contribution in [0.15, 0.2) is 30.5 Å². The molecule has 0 spiro atoms. The van der Waals surface area contributed by atoms with E-state index in [0.717, 1.165) is 39.4 Å². The van der Waals surface area contributed by atoms with Crippen molar-refractivity contribution in [3.8, 4) is 11.3 Å². The maximum atomic E-state index is 5.93. The molecule has 0 amide bonds. The normalized spacial score (nSPS) is 18.7. The molecule has 0 bridgehead atoms. The Morgan fingerprint density at radius 1 is 1.44 bits per heavy atom. The predicted molar refractivity (Wildman–Crippen MR) is 99.6 cm³/mol. The Bertz CT molecular complexity index is 811. The molecule has 1 aromatic carbocycles. The maximum Gasteiger partial charge on any atom is 0.214 e. The molecule has 6 nitrogen and oxygen atoms in total. The molecule has 2 aromatic heterocycles. The van der Waals surface area contributed by atoms with Crippen molar-refractivity contribution >= 4 is 33.0 Å². The van der Waals surface area contributed by atoms with Crippen LogP contribution in [0.2, 0.25) is 5.02 Å². The number of imidazole rings is 1. The number of hydrogen-bond acceptors (Lipinski definition) is 6. The van der Waals surface area contributed by atoms with E-state index in [0.29, 0.717) is 13.2 Å². The average Bonchev–Trinajstić information content (AvgIpc) is 3.29. The monoisotopic (exact) mass is 378 g/mol. The molecule has 1 saturated heterocycles. The second kappa shape index (κ2) is 7.29. The van der Waals surface area contributed by atoms with Gasteiger partial charge in [-0.1, -0.05) is 35.1 Å². The lowest BCUT2D eigenvalue weighted by Gasteiger charge is -2.15. The van der Waals surface area contributed by atoms with E-state index in [9.17, 15) is 0 Å². The highest BCUT2D eigenvalue weighted by atomic mass is 35.5. The van der Waals surface area contributed by atoms with Gasteiger partial charge in [-0.25, -0.2) is 9.50 Å². The summed E-state index contributed by atoms with van der Waals surface area (Å²) in [6.07, 6.45) is 3.13. The van der Waals surface area contributed by atoms with E-state index < -0.39 is 0 Å². The smallest absolute Gasteiger partial charge is 0.214 e. The fraction of sp³-hybridized carbons (Fsp3) is 0.412. The average molecular weight is 379 g/mol. The molecule has 25 heavy (non-hydrogen) atoms. The second-order valence-electron chi connectivity index (χ2n) is 6.13. The summed E-state index contributed by atoms with van der Waals surface area (Å²) in [5.74, 6) is 0.